The summed E-state index contributed by atoms with van der Waals surface area (Å²) in [5, 5.41) is 85.7. The van der Waals surface area contributed by atoms with Crippen molar-refractivity contribution in [2.45, 2.75) is 177 Å². The third kappa shape index (κ3) is 18.5. The Balaban J connectivity index is 1.79. The van der Waals surface area contributed by atoms with Crippen LogP contribution in [0.15, 0.2) is 60.8 Å². The molecule has 1 amide bonds. The van der Waals surface area contributed by atoms with Crippen LogP contribution < -0.4 is 5.32 Å². The highest BCUT2D eigenvalue weighted by Gasteiger charge is 2.50. The molecule has 0 saturated carbocycles. The predicted molar refractivity (Wildman–Crippen MR) is 212 cm³/mol. The molecule has 322 valence electrons. The van der Waals surface area contributed by atoms with E-state index < -0.39 is 86.8 Å². The molecule has 9 N–H and O–H groups in total. The van der Waals surface area contributed by atoms with Gasteiger partial charge in [0, 0.05) is 6.42 Å². The first-order valence-electron chi connectivity index (χ1n) is 20.5. The van der Waals surface area contributed by atoms with Crippen molar-refractivity contribution in [1.29, 1.82) is 0 Å². The van der Waals surface area contributed by atoms with Gasteiger partial charge in [0.25, 0.3) is 0 Å². The van der Waals surface area contributed by atoms with Crippen LogP contribution in [-0.2, 0) is 23.7 Å². The summed E-state index contributed by atoms with van der Waals surface area (Å²) in [4.78, 5) is 12.9. The topological polar surface area (TPSA) is 228 Å². The summed E-state index contributed by atoms with van der Waals surface area (Å²) in [6.45, 7) is 2.48. The molecule has 0 radical (unpaired) electrons. The highest BCUT2D eigenvalue weighted by molar-refractivity contribution is 5.76. The van der Waals surface area contributed by atoms with Crippen LogP contribution in [0.3, 0.4) is 0 Å². The van der Waals surface area contributed by atoms with E-state index in [1.54, 1.807) is 0 Å². The lowest BCUT2D eigenvalue weighted by molar-refractivity contribution is -0.359. The fourth-order valence-corrected chi connectivity index (χ4v) is 6.32. The van der Waals surface area contributed by atoms with Crippen LogP contribution in [0.4, 0.5) is 0 Å². The zero-order chi connectivity index (χ0) is 41.1. The van der Waals surface area contributed by atoms with E-state index in [1.807, 2.05) is 6.92 Å². The van der Waals surface area contributed by atoms with E-state index in [-0.39, 0.29) is 18.9 Å². The van der Waals surface area contributed by atoms with Gasteiger partial charge in [0.2, 0.25) is 5.91 Å². The molecule has 2 rings (SSSR count). The number of hydrogen-bond donors (Lipinski definition) is 9. The van der Waals surface area contributed by atoms with Gasteiger partial charge in [-0.15, -0.1) is 0 Å². The first-order valence-corrected chi connectivity index (χ1v) is 20.5. The quantitative estimate of drug-likeness (QED) is 0.0411. The molecular weight excluding hydrogens is 726 g/mol. The number of unbranched alkanes of at least 4 members (excludes halogenated alkanes) is 5. The second kappa shape index (κ2) is 29.8. The highest BCUT2D eigenvalue weighted by Crippen LogP contribution is 2.30. The maximum atomic E-state index is 12.9. The first-order chi connectivity index (χ1) is 27.1. The van der Waals surface area contributed by atoms with Crippen molar-refractivity contribution in [2.75, 3.05) is 19.8 Å². The van der Waals surface area contributed by atoms with Crippen molar-refractivity contribution in [3.8, 4) is 0 Å². The number of carbonyl (C=O) groups is 1. The third-order valence-corrected chi connectivity index (χ3v) is 9.75. The number of aliphatic hydroxyl groups excluding tert-OH is 8. The molecule has 2 aliphatic rings. The van der Waals surface area contributed by atoms with Crippen LogP contribution in [0.2, 0.25) is 0 Å². The Bertz CT molecular complexity index is 1180. The van der Waals surface area contributed by atoms with Gasteiger partial charge in [-0.2, -0.15) is 0 Å². The van der Waals surface area contributed by atoms with E-state index in [0.29, 0.717) is 12.8 Å². The van der Waals surface area contributed by atoms with E-state index in [9.17, 15) is 45.6 Å². The van der Waals surface area contributed by atoms with Crippen molar-refractivity contribution < 1.29 is 64.6 Å². The van der Waals surface area contributed by atoms with Crippen molar-refractivity contribution in [2.24, 2.45) is 0 Å². The molecule has 0 aromatic heterocycles. The van der Waals surface area contributed by atoms with Gasteiger partial charge in [0.15, 0.2) is 12.6 Å². The van der Waals surface area contributed by atoms with Crippen molar-refractivity contribution in [1.82, 2.24) is 5.32 Å². The van der Waals surface area contributed by atoms with Gasteiger partial charge < -0.3 is 65.1 Å². The fraction of sp³-hybridized carbons (Fsp3) is 0.738. The normalized spacial score (nSPS) is 30.0. The summed E-state index contributed by atoms with van der Waals surface area (Å²) >= 11 is 0. The maximum Gasteiger partial charge on any atom is 0.220 e. The Hall–Kier alpha value is -2.31. The first kappa shape index (κ1) is 49.8. The van der Waals surface area contributed by atoms with E-state index in [4.69, 9.17) is 18.9 Å². The summed E-state index contributed by atoms with van der Waals surface area (Å²) in [6, 6.07) is -0.843. The van der Waals surface area contributed by atoms with Crippen LogP contribution in [-0.4, -0.2) is 140 Å². The average Bonchev–Trinajstić information content (AvgIpc) is 3.19. The van der Waals surface area contributed by atoms with Crippen molar-refractivity contribution in [3.05, 3.63) is 60.8 Å². The molecule has 14 heteroatoms. The molecule has 56 heavy (non-hydrogen) atoms. The second-order valence-corrected chi connectivity index (χ2v) is 14.4. The third-order valence-electron chi connectivity index (χ3n) is 9.75. The van der Waals surface area contributed by atoms with Gasteiger partial charge in [0.1, 0.15) is 48.8 Å². The lowest BCUT2D eigenvalue weighted by Gasteiger charge is -2.46. The number of carbonyl (C=O) groups excluding carboxylic acids is 1. The lowest BCUT2D eigenvalue weighted by atomic mass is 9.97. The Morgan fingerprint density at radius 3 is 1.82 bits per heavy atom. The predicted octanol–water partition coefficient (Wildman–Crippen LogP) is 2.76. The maximum absolute atomic E-state index is 12.9. The van der Waals surface area contributed by atoms with Gasteiger partial charge in [-0.25, -0.2) is 0 Å². The van der Waals surface area contributed by atoms with E-state index >= 15 is 0 Å². The number of aliphatic hydroxyl groups is 8. The molecule has 0 aromatic carbocycles. The Morgan fingerprint density at radius 2 is 1.23 bits per heavy atom. The number of allylic oxidation sites excluding steroid dienone is 10. The molecular formula is C42H71NO13. The molecule has 2 aliphatic heterocycles. The van der Waals surface area contributed by atoms with Crippen LogP contribution in [0.1, 0.15) is 104 Å². The molecule has 0 bridgehead atoms. The molecule has 0 aliphatic carbocycles. The summed E-state index contributed by atoms with van der Waals surface area (Å²) in [5.41, 5.74) is 0. The molecule has 2 fully saturated rings. The zero-order valence-corrected chi connectivity index (χ0v) is 33.3. The zero-order valence-electron chi connectivity index (χ0n) is 33.3. The molecule has 12 atom stereocenters. The summed E-state index contributed by atoms with van der Waals surface area (Å²) < 4.78 is 22.4. The largest absolute Gasteiger partial charge is 0.394 e. The standard InChI is InChI=1S/C42H71NO13/c1-3-5-7-8-9-10-11-12-13-14-15-16-17-18-19-20-21-22-24-26-34(47)43-30(31(46)25-23-6-4-2)29-53-41-39(52)37(50)40(33(28-45)55-41)56-42-38(51)36(49)35(48)32(27-44)54-42/h5,7,9-10,12-13,15-16,18-19,30-33,35-42,44-46,48-52H,3-4,6,8,11,14,17,20-29H2,1-2H3,(H,43,47)/b7-5-,10-9-,13-12-,16-15-,19-18-. The molecule has 14 nitrogen and oxygen atoms in total. The SMILES string of the molecule is CC/C=C\C/C=C\C/C=C\C/C=C\C/C=C\CCCCCC(=O)NC(COC1OC(CO)C(OC2OC(CO)C(O)C(O)C2O)C(O)C1O)C(O)CCCCC. The van der Waals surface area contributed by atoms with Crippen molar-refractivity contribution >= 4 is 5.91 Å². The smallest absolute Gasteiger partial charge is 0.220 e. The van der Waals surface area contributed by atoms with Crippen LogP contribution in [0.25, 0.3) is 0 Å². The van der Waals surface area contributed by atoms with Gasteiger partial charge in [-0.1, -0.05) is 100 Å². The number of ether oxygens (including phenoxy) is 4. The molecule has 0 spiro atoms. The Labute approximate surface area is 333 Å². The van der Waals surface area contributed by atoms with Gasteiger partial charge >= 0.3 is 0 Å². The summed E-state index contributed by atoms with van der Waals surface area (Å²) in [5.74, 6) is -0.255. The van der Waals surface area contributed by atoms with E-state index in [0.717, 1.165) is 70.6 Å². The molecule has 2 saturated heterocycles. The molecule has 0 aromatic rings. The fourth-order valence-electron chi connectivity index (χ4n) is 6.32. The van der Waals surface area contributed by atoms with Gasteiger partial charge in [-0.05, 0) is 57.8 Å². The van der Waals surface area contributed by atoms with Crippen molar-refractivity contribution in [3.63, 3.8) is 0 Å². The monoisotopic (exact) mass is 797 g/mol. The minimum absolute atomic E-state index is 0.255. The molecule has 12 unspecified atom stereocenters. The van der Waals surface area contributed by atoms with E-state index in [2.05, 4.69) is 73.0 Å². The number of hydrogen-bond acceptors (Lipinski definition) is 13. The van der Waals surface area contributed by atoms with Crippen LogP contribution >= 0.6 is 0 Å². The summed E-state index contributed by atoms with van der Waals surface area (Å²) in [6.07, 6.45) is 16.3. The lowest BCUT2D eigenvalue weighted by Crippen LogP contribution is -2.65. The second-order valence-electron chi connectivity index (χ2n) is 14.4. The summed E-state index contributed by atoms with van der Waals surface area (Å²) in [7, 11) is 0. The minimum atomic E-state index is -1.78. The molecule has 2 heterocycles. The highest BCUT2D eigenvalue weighted by atomic mass is 16.7. The van der Waals surface area contributed by atoms with Gasteiger partial charge in [-0.3, -0.25) is 4.79 Å². The minimum Gasteiger partial charge on any atom is -0.394 e. The Morgan fingerprint density at radius 1 is 0.661 bits per heavy atom. The Kier molecular flexibility index (Phi) is 26.6. The average molecular weight is 798 g/mol. The van der Waals surface area contributed by atoms with E-state index in [1.165, 1.54) is 0 Å². The van der Waals surface area contributed by atoms with Crippen LogP contribution in [0, 0.1) is 0 Å². The van der Waals surface area contributed by atoms with Gasteiger partial charge in [0.05, 0.1) is 32.0 Å². The van der Waals surface area contributed by atoms with Crippen LogP contribution in [0.5, 0.6) is 0 Å². The number of nitrogens with one attached hydrogen (secondary N) is 1. The number of amides is 1. The number of rotatable bonds is 28.